The van der Waals surface area contributed by atoms with Crippen molar-refractivity contribution in [2.24, 2.45) is 0 Å². The van der Waals surface area contributed by atoms with Crippen LogP contribution in [0.3, 0.4) is 0 Å². The molecule has 2 heterocycles. The molecule has 0 radical (unpaired) electrons. The Morgan fingerprint density at radius 1 is 1.00 bits per heavy atom. The molecule has 1 aliphatic carbocycles. The van der Waals surface area contributed by atoms with Gasteiger partial charge < -0.3 is 9.47 Å². The molecule has 96 valence electrons. The number of rotatable bonds is 1. The highest BCUT2D eigenvalue weighted by Gasteiger charge is 2.27. The first-order valence-corrected chi connectivity index (χ1v) is 7.05. The maximum absolute atomic E-state index is 5.48. The molecule has 3 nitrogen and oxygen atoms in total. The van der Waals surface area contributed by atoms with Gasteiger partial charge in [0.15, 0.2) is 11.5 Å². The Labute approximate surface area is 108 Å². The van der Waals surface area contributed by atoms with Gasteiger partial charge in [0.1, 0.15) is 0 Å². The molecule has 0 spiro atoms. The second-order valence-corrected chi connectivity index (χ2v) is 5.63. The van der Waals surface area contributed by atoms with E-state index < -0.39 is 0 Å². The van der Waals surface area contributed by atoms with Gasteiger partial charge in [0.25, 0.3) is 0 Å². The van der Waals surface area contributed by atoms with Gasteiger partial charge in [0.05, 0.1) is 0 Å². The lowest BCUT2D eigenvalue weighted by Crippen LogP contribution is -2.37. The van der Waals surface area contributed by atoms with E-state index in [9.17, 15) is 0 Å². The molecule has 2 aliphatic heterocycles. The van der Waals surface area contributed by atoms with E-state index in [1.54, 1.807) is 0 Å². The first kappa shape index (κ1) is 10.7. The molecule has 0 saturated heterocycles. The molecule has 1 fully saturated rings. The van der Waals surface area contributed by atoms with E-state index in [2.05, 4.69) is 17.0 Å². The molecular weight excluding hydrogens is 226 g/mol. The lowest BCUT2D eigenvalue weighted by atomic mass is 9.97. The van der Waals surface area contributed by atoms with Gasteiger partial charge in [-0.15, -0.1) is 0 Å². The van der Waals surface area contributed by atoms with Gasteiger partial charge in [0, 0.05) is 19.1 Å². The fourth-order valence-electron chi connectivity index (χ4n) is 3.55. The summed E-state index contributed by atoms with van der Waals surface area (Å²) in [5, 5.41) is 0. The minimum Gasteiger partial charge on any atom is -0.454 e. The van der Waals surface area contributed by atoms with Gasteiger partial charge in [-0.05, 0) is 42.5 Å². The van der Waals surface area contributed by atoms with Crippen LogP contribution in [0.25, 0.3) is 0 Å². The number of fused-ring (bicyclic) bond motifs is 2. The van der Waals surface area contributed by atoms with Gasteiger partial charge in [-0.3, -0.25) is 4.90 Å². The Morgan fingerprint density at radius 3 is 2.50 bits per heavy atom. The summed E-state index contributed by atoms with van der Waals surface area (Å²) in [5.41, 5.74) is 2.89. The molecule has 3 heteroatoms. The molecule has 0 bridgehead atoms. The average molecular weight is 245 g/mol. The van der Waals surface area contributed by atoms with Crippen LogP contribution < -0.4 is 9.47 Å². The molecule has 0 amide bonds. The lowest BCUT2D eigenvalue weighted by molar-refractivity contribution is 0.173. The first-order valence-electron chi connectivity index (χ1n) is 7.05. The van der Waals surface area contributed by atoms with Crippen LogP contribution in [0, 0.1) is 0 Å². The zero-order valence-electron chi connectivity index (χ0n) is 10.7. The fraction of sp³-hybridized carbons (Fsp3) is 0.600. The van der Waals surface area contributed by atoms with Crippen molar-refractivity contribution in [1.29, 1.82) is 0 Å². The van der Waals surface area contributed by atoms with Crippen LogP contribution in [0.5, 0.6) is 11.5 Å². The SMILES string of the molecule is c1c2c(cc3c1OCO3)CN(C1CCCC1)CC2. The third-order valence-corrected chi connectivity index (χ3v) is 4.58. The summed E-state index contributed by atoms with van der Waals surface area (Å²) < 4.78 is 10.9. The van der Waals surface area contributed by atoms with Crippen LogP contribution in [0.2, 0.25) is 0 Å². The smallest absolute Gasteiger partial charge is 0.231 e. The highest BCUT2D eigenvalue weighted by molar-refractivity contribution is 5.49. The van der Waals surface area contributed by atoms with Crippen molar-refractivity contribution < 1.29 is 9.47 Å². The van der Waals surface area contributed by atoms with E-state index in [1.807, 2.05) is 0 Å². The third-order valence-electron chi connectivity index (χ3n) is 4.58. The molecular formula is C15H19NO2. The van der Waals surface area contributed by atoms with Crippen LogP contribution in [-0.4, -0.2) is 24.3 Å². The molecule has 3 aliphatic rings. The normalized spacial score (nSPS) is 23.3. The van der Waals surface area contributed by atoms with E-state index >= 15 is 0 Å². The monoisotopic (exact) mass is 245 g/mol. The van der Waals surface area contributed by atoms with Crippen molar-refractivity contribution in [3.8, 4) is 11.5 Å². The number of nitrogens with zero attached hydrogens (tertiary/aromatic N) is 1. The zero-order chi connectivity index (χ0) is 11.9. The van der Waals surface area contributed by atoms with Gasteiger partial charge in [0.2, 0.25) is 6.79 Å². The summed E-state index contributed by atoms with van der Waals surface area (Å²) in [6.45, 7) is 2.68. The second kappa shape index (κ2) is 4.16. The Bertz CT molecular complexity index is 466. The molecule has 4 rings (SSSR count). The topological polar surface area (TPSA) is 21.7 Å². The standard InChI is InChI=1S/C15H19NO2/c1-2-4-13(3-1)16-6-5-11-7-14-15(18-10-17-14)8-12(11)9-16/h7-8,13H,1-6,9-10H2. The van der Waals surface area contributed by atoms with Crippen molar-refractivity contribution in [1.82, 2.24) is 4.90 Å². The second-order valence-electron chi connectivity index (χ2n) is 5.63. The summed E-state index contributed by atoms with van der Waals surface area (Å²) in [5.74, 6) is 1.87. The highest BCUT2D eigenvalue weighted by atomic mass is 16.7. The van der Waals surface area contributed by atoms with Crippen LogP contribution >= 0.6 is 0 Å². The quantitative estimate of drug-likeness (QED) is 0.759. The van der Waals surface area contributed by atoms with E-state index in [0.717, 1.165) is 30.5 Å². The minimum atomic E-state index is 0.380. The number of ether oxygens (including phenoxy) is 2. The van der Waals surface area contributed by atoms with Gasteiger partial charge >= 0.3 is 0 Å². The van der Waals surface area contributed by atoms with Gasteiger partial charge in [-0.25, -0.2) is 0 Å². The summed E-state index contributed by atoms with van der Waals surface area (Å²) in [6.07, 6.45) is 6.76. The Hall–Kier alpha value is -1.22. The number of hydrogen-bond donors (Lipinski definition) is 0. The van der Waals surface area contributed by atoms with Crippen LogP contribution in [0.15, 0.2) is 12.1 Å². The third kappa shape index (κ3) is 1.69. The summed E-state index contributed by atoms with van der Waals surface area (Å²) in [4.78, 5) is 2.66. The molecule has 18 heavy (non-hydrogen) atoms. The molecule has 1 aromatic rings. The van der Waals surface area contributed by atoms with Crippen molar-refractivity contribution in [3.63, 3.8) is 0 Å². The largest absolute Gasteiger partial charge is 0.454 e. The molecule has 1 saturated carbocycles. The summed E-state index contributed by atoms with van der Waals surface area (Å²) in [7, 11) is 0. The van der Waals surface area contributed by atoms with Crippen molar-refractivity contribution in [2.75, 3.05) is 13.3 Å². The van der Waals surface area contributed by atoms with Gasteiger partial charge in [-0.1, -0.05) is 12.8 Å². The van der Waals surface area contributed by atoms with E-state index in [-0.39, 0.29) is 0 Å². The number of benzene rings is 1. The summed E-state index contributed by atoms with van der Waals surface area (Å²) in [6, 6.07) is 5.20. The molecule has 0 unspecified atom stereocenters. The van der Waals surface area contributed by atoms with E-state index in [4.69, 9.17) is 9.47 Å². The highest BCUT2D eigenvalue weighted by Crippen LogP contribution is 2.37. The van der Waals surface area contributed by atoms with Crippen LogP contribution in [-0.2, 0) is 13.0 Å². The Morgan fingerprint density at radius 2 is 1.72 bits per heavy atom. The van der Waals surface area contributed by atoms with Crippen molar-refractivity contribution in [2.45, 2.75) is 44.7 Å². The summed E-state index contributed by atoms with van der Waals surface area (Å²) >= 11 is 0. The maximum Gasteiger partial charge on any atom is 0.231 e. The molecule has 0 N–H and O–H groups in total. The van der Waals surface area contributed by atoms with Crippen LogP contribution in [0.1, 0.15) is 36.8 Å². The predicted molar refractivity (Wildman–Crippen MR) is 68.9 cm³/mol. The van der Waals surface area contributed by atoms with Crippen molar-refractivity contribution in [3.05, 3.63) is 23.3 Å². The average Bonchev–Trinajstić information content (AvgIpc) is 3.06. The maximum atomic E-state index is 5.48. The molecule has 1 aromatic carbocycles. The lowest BCUT2D eigenvalue weighted by Gasteiger charge is -2.33. The molecule has 0 atom stereocenters. The van der Waals surface area contributed by atoms with Crippen molar-refractivity contribution >= 4 is 0 Å². The van der Waals surface area contributed by atoms with Crippen LogP contribution in [0.4, 0.5) is 0 Å². The van der Waals surface area contributed by atoms with E-state index in [0.29, 0.717) is 6.79 Å². The Kier molecular flexibility index (Phi) is 2.47. The van der Waals surface area contributed by atoms with Gasteiger partial charge in [-0.2, -0.15) is 0 Å². The molecule has 0 aromatic heterocycles. The zero-order valence-corrected chi connectivity index (χ0v) is 10.7. The number of hydrogen-bond acceptors (Lipinski definition) is 3. The first-order chi connectivity index (χ1) is 8.90. The van der Waals surface area contributed by atoms with E-state index in [1.165, 1.54) is 43.4 Å². The fourth-order valence-corrected chi connectivity index (χ4v) is 3.55. The Balaban J connectivity index is 1.60. The minimum absolute atomic E-state index is 0.380. The predicted octanol–water partition coefficient (Wildman–Crippen LogP) is 2.72.